The lowest BCUT2D eigenvalue weighted by Gasteiger charge is -2.09. The minimum Gasteiger partial charge on any atom is -0.308 e. The summed E-state index contributed by atoms with van der Waals surface area (Å²) in [4.78, 5) is 1.25. The van der Waals surface area contributed by atoms with Crippen molar-refractivity contribution in [3.63, 3.8) is 0 Å². The van der Waals surface area contributed by atoms with E-state index in [0.717, 1.165) is 12.5 Å². The molecule has 2 aromatic rings. The Morgan fingerprint density at radius 1 is 1.15 bits per heavy atom. The molecule has 1 heterocycles. The van der Waals surface area contributed by atoms with E-state index in [1.54, 1.807) is 17.4 Å². The van der Waals surface area contributed by atoms with E-state index in [4.69, 9.17) is 0 Å². The third kappa shape index (κ3) is 3.84. The third-order valence-electron chi connectivity index (χ3n) is 3.09. The summed E-state index contributed by atoms with van der Waals surface area (Å²) in [6.45, 7) is 3.22. The third-order valence-corrected chi connectivity index (χ3v) is 4.05. The van der Waals surface area contributed by atoms with Gasteiger partial charge in [0.15, 0.2) is 0 Å². The highest BCUT2D eigenvalue weighted by atomic mass is 32.1. The molecular formula is C15H16F3NS. The number of aryl methyl sites for hydroxylation is 1. The van der Waals surface area contributed by atoms with Crippen LogP contribution in [0.1, 0.15) is 28.5 Å². The van der Waals surface area contributed by atoms with E-state index in [2.05, 4.69) is 18.3 Å². The van der Waals surface area contributed by atoms with Crippen LogP contribution in [0.5, 0.6) is 0 Å². The molecule has 20 heavy (non-hydrogen) atoms. The molecule has 1 aromatic carbocycles. The van der Waals surface area contributed by atoms with Gasteiger partial charge >= 0.3 is 6.18 Å². The summed E-state index contributed by atoms with van der Waals surface area (Å²) in [5.74, 6) is 0. The lowest BCUT2D eigenvalue weighted by molar-refractivity contribution is -0.137. The van der Waals surface area contributed by atoms with Gasteiger partial charge in [-0.2, -0.15) is 13.2 Å². The van der Waals surface area contributed by atoms with Crippen LogP contribution in [0.15, 0.2) is 35.7 Å². The molecule has 0 spiro atoms. The van der Waals surface area contributed by atoms with Crippen LogP contribution in [0, 0.1) is 0 Å². The largest absolute Gasteiger partial charge is 0.416 e. The van der Waals surface area contributed by atoms with Gasteiger partial charge in [-0.1, -0.05) is 25.1 Å². The summed E-state index contributed by atoms with van der Waals surface area (Å²) in [5, 5.41) is 5.24. The minimum absolute atomic E-state index is 0.435. The van der Waals surface area contributed by atoms with E-state index in [0.29, 0.717) is 18.7 Å². The van der Waals surface area contributed by atoms with Gasteiger partial charge in [0.25, 0.3) is 0 Å². The predicted octanol–water partition coefficient (Wildman–Crippen LogP) is 4.62. The van der Waals surface area contributed by atoms with E-state index in [9.17, 15) is 13.2 Å². The second kappa shape index (κ2) is 6.41. The zero-order valence-electron chi connectivity index (χ0n) is 11.1. The van der Waals surface area contributed by atoms with Crippen molar-refractivity contribution < 1.29 is 13.2 Å². The molecule has 0 atom stereocenters. The van der Waals surface area contributed by atoms with Crippen LogP contribution in [0.2, 0.25) is 0 Å². The lowest BCUT2D eigenvalue weighted by Crippen LogP contribution is -2.13. The van der Waals surface area contributed by atoms with Gasteiger partial charge in [0, 0.05) is 18.0 Å². The Bertz CT molecular complexity index is 560. The molecule has 0 unspecified atom stereocenters. The number of rotatable bonds is 5. The summed E-state index contributed by atoms with van der Waals surface area (Å²) in [6, 6.07) is 7.53. The highest BCUT2D eigenvalue weighted by Crippen LogP contribution is 2.29. The predicted molar refractivity (Wildman–Crippen MR) is 75.7 cm³/mol. The van der Waals surface area contributed by atoms with Gasteiger partial charge in [0.05, 0.1) is 5.56 Å². The number of halogens is 3. The van der Waals surface area contributed by atoms with Crippen LogP contribution in [-0.4, -0.2) is 0 Å². The topological polar surface area (TPSA) is 12.0 Å². The van der Waals surface area contributed by atoms with Gasteiger partial charge < -0.3 is 5.32 Å². The maximum atomic E-state index is 12.6. The molecule has 0 fully saturated rings. The molecule has 0 saturated heterocycles. The van der Waals surface area contributed by atoms with Gasteiger partial charge in [-0.05, 0) is 35.1 Å². The second-order valence-electron chi connectivity index (χ2n) is 4.52. The van der Waals surface area contributed by atoms with Crippen molar-refractivity contribution in [2.75, 3.05) is 0 Å². The van der Waals surface area contributed by atoms with Crippen molar-refractivity contribution in [3.05, 3.63) is 57.3 Å². The SMILES string of the molecule is CCc1ccsc1CNCc1cccc(C(F)(F)F)c1. The first-order chi connectivity index (χ1) is 9.50. The molecular weight excluding hydrogens is 283 g/mol. The monoisotopic (exact) mass is 299 g/mol. The fourth-order valence-electron chi connectivity index (χ4n) is 2.02. The first-order valence-electron chi connectivity index (χ1n) is 6.43. The van der Waals surface area contributed by atoms with Crippen LogP contribution in [0.3, 0.4) is 0 Å². The van der Waals surface area contributed by atoms with Crippen LogP contribution in [-0.2, 0) is 25.7 Å². The van der Waals surface area contributed by atoms with Crippen LogP contribution in [0.4, 0.5) is 13.2 Å². The fourth-order valence-corrected chi connectivity index (χ4v) is 2.96. The number of thiophene rings is 1. The Hall–Kier alpha value is -1.33. The lowest BCUT2D eigenvalue weighted by atomic mass is 10.1. The molecule has 1 nitrogen and oxygen atoms in total. The van der Waals surface area contributed by atoms with E-state index >= 15 is 0 Å². The Morgan fingerprint density at radius 3 is 2.65 bits per heavy atom. The smallest absolute Gasteiger partial charge is 0.308 e. The number of benzene rings is 1. The van der Waals surface area contributed by atoms with E-state index < -0.39 is 11.7 Å². The normalized spacial score (nSPS) is 11.8. The van der Waals surface area contributed by atoms with Crippen molar-refractivity contribution >= 4 is 11.3 Å². The Morgan fingerprint density at radius 2 is 1.95 bits per heavy atom. The Balaban J connectivity index is 1.95. The van der Waals surface area contributed by atoms with Gasteiger partial charge in [-0.25, -0.2) is 0 Å². The highest BCUT2D eigenvalue weighted by molar-refractivity contribution is 7.10. The highest BCUT2D eigenvalue weighted by Gasteiger charge is 2.30. The molecule has 1 N–H and O–H groups in total. The van der Waals surface area contributed by atoms with Gasteiger partial charge in [0.2, 0.25) is 0 Å². The molecule has 0 bridgehead atoms. The van der Waals surface area contributed by atoms with Crippen molar-refractivity contribution in [2.45, 2.75) is 32.6 Å². The molecule has 0 aliphatic rings. The molecule has 0 aliphatic carbocycles. The minimum atomic E-state index is -4.28. The summed E-state index contributed by atoms with van der Waals surface area (Å²) in [6.07, 6.45) is -3.30. The van der Waals surface area contributed by atoms with Gasteiger partial charge in [-0.3, -0.25) is 0 Å². The standard InChI is InChI=1S/C15H16F3NS/c1-2-12-6-7-20-14(12)10-19-9-11-4-3-5-13(8-11)15(16,17)18/h3-8,19H,2,9-10H2,1H3. The average Bonchev–Trinajstić information content (AvgIpc) is 2.86. The summed E-state index contributed by atoms with van der Waals surface area (Å²) < 4.78 is 37.8. The van der Waals surface area contributed by atoms with E-state index in [1.165, 1.54) is 22.6 Å². The molecule has 0 saturated carbocycles. The van der Waals surface area contributed by atoms with Crippen molar-refractivity contribution in [3.8, 4) is 0 Å². The van der Waals surface area contributed by atoms with E-state index in [1.807, 2.05) is 5.38 Å². The molecule has 0 amide bonds. The molecule has 0 radical (unpaired) electrons. The zero-order valence-corrected chi connectivity index (χ0v) is 11.9. The molecule has 108 valence electrons. The molecule has 1 aromatic heterocycles. The average molecular weight is 299 g/mol. The summed E-state index contributed by atoms with van der Waals surface area (Å²) in [7, 11) is 0. The Labute approximate surface area is 120 Å². The maximum absolute atomic E-state index is 12.6. The van der Waals surface area contributed by atoms with Gasteiger partial charge in [-0.15, -0.1) is 11.3 Å². The van der Waals surface area contributed by atoms with Gasteiger partial charge in [0.1, 0.15) is 0 Å². The second-order valence-corrected chi connectivity index (χ2v) is 5.52. The molecule has 2 rings (SSSR count). The summed E-state index contributed by atoms with van der Waals surface area (Å²) >= 11 is 1.67. The summed E-state index contributed by atoms with van der Waals surface area (Å²) in [5.41, 5.74) is 1.35. The number of hydrogen-bond acceptors (Lipinski definition) is 2. The van der Waals surface area contributed by atoms with Crippen LogP contribution >= 0.6 is 11.3 Å². The zero-order chi connectivity index (χ0) is 14.6. The van der Waals surface area contributed by atoms with Crippen molar-refractivity contribution in [2.24, 2.45) is 0 Å². The first kappa shape index (κ1) is 15.1. The maximum Gasteiger partial charge on any atom is 0.416 e. The quantitative estimate of drug-likeness (QED) is 0.849. The first-order valence-corrected chi connectivity index (χ1v) is 7.30. The molecule has 5 heteroatoms. The van der Waals surface area contributed by atoms with E-state index in [-0.39, 0.29) is 0 Å². The number of alkyl halides is 3. The van der Waals surface area contributed by atoms with Crippen molar-refractivity contribution in [1.29, 1.82) is 0 Å². The van der Waals surface area contributed by atoms with Crippen molar-refractivity contribution in [1.82, 2.24) is 5.32 Å². The number of nitrogens with one attached hydrogen (secondary N) is 1. The van der Waals surface area contributed by atoms with Crippen LogP contribution in [0.25, 0.3) is 0 Å². The number of hydrogen-bond donors (Lipinski definition) is 1. The fraction of sp³-hybridized carbons (Fsp3) is 0.333. The molecule has 0 aliphatic heterocycles. The van der Waals surface area contributed by atoms with Crippen LogP contribution < -0.4 is 5.32 Å². The Kier molecular flexibility index (Phi) is 4.83.